The number of nitrogens with zero attached hydrogens (tertiary/aromatic N) is 5. The molecule has 0 spiro atoms. The Morgan fingerprint density at radius 2 is 1.91 bits per heavy atom. The number of ether oxygens (including phenoxy) is 1. The number of piperazine rings is 1. The summed E-state index contributed by atoms with van der Waals surface area (Å²) in [6, 6.07) is 9.20. The number of terminal acetylenes is 1. The van der Waals surface area contributed by atoms with Crippen LogP contribution in [-0.2, 0) is 6.42 Å². The number of nitrogens with one attached hydrogen (secondary N) is 1. The van der Waals surface area contributed by atoms with Gasteiger partial charge in [0.15, 0.2) is 5.82 Å². The highest BCUT2D eigenvalue weighted by molar-refractivity contribution is 6.02. The van der Waals surface area contributed by atoms with E-state index in [2.05, 4.69) is 28.0 Å². The van der Waals surface area contributed by atoms with Gasteiger partial charge in [0.05, 0.1) is 22.2 Å². The molecular weight excluding hydrogens is 570 g/mol. The minimum Gasteiger partial charge on any atom is -0.461 e. The smallest absolute Gasteiger partial charge is 0.319 e. The van der Waals surface area contributed by atoms with Gasteiger partial charge in [-0.2, -0.15) is 9.97 Å². The lowest BCUT2D eigenvalue weighted by Crippen LogP contribution is -2.57. The van der Waals surface area contributed by atoms with Gasteiger partial charge in [0.25, 0.3) is 0 Å². The van der Waals surface area contributed by atoms with E-state index in [1.807, 2.05) is 12.1 Å². The van der Waals surface area contributed by atoms with Crippen molar-refractivity contribution in [1.82, 2.24) is 25.2 Å². The Hall–Kier alpha value is -3.87. The highest BCUT2D eigenvalue weighted by atomic mass is 19.1. The summed E-state index contributed by atoms with van der Waals surface area (Å²) in [6.07, 6.45) is 13.8. The van der Waals surface area contributed by atoms with Gasteiger partial charge < -0.3 is 15.0 Å². The van der Waals surface area contributed by atoms with Gasteiger partial charge in [-0.05, 0) is 75.9 Å². The average Bonchev–Trinajstić information content (AvgIpc) is 3.64. The number of fused-ring (bicyclic) bond motifs is 4. The number of benzene rings is 2. The lowest BCUT2D eigenvalue weighted by atomic mass is 9.94. The van der Waals surface area contributed by atoms with Crippen LogP contribution in [0.2, 0.25) is 0 Å². The number of rotatable bonds is 5. The van der Waals surface area contributed by atoms with Crippen LogP contribution in [0.3, 0.4) is 0 Å². The van der Waals surface area contributed by atoms with Crippen molar-refractivity contribution in [2.75, 3.05) is 37.7 Å². The van der Waals surface area contributed by atoms with E-state index in [1.54, 1.807) is 12.1 Å². The van der Waals surface area contributed by atoms with Gasteiger partial charge >= 0.3 is 6.01 Å². The van der Waals surface area contributed by atoms with E-state index >= 15 is 4.39 Å². The van der Waals surface area contributed by atoms with Crippen LogP contribution in [0, 0.1) is 24.0 Å². The van der Waals surface area contributed by atoms with E-state index in [4.69, 9.17) is 26.1 Å². The molecule has 7 nitrogen and oxygen atoms in total. The third-order valence-electron chi connectivity index (χ3n) is 10.7. The fourth-order valence-corrected chi connectivity index (χ4v) is 8.35. The minimum atomic E-state index is -0.567. The van der Waals surface area contributed by atoms with Crippen LogP contribution in [0.25, 0.3) is 32.9 Å². The molecule has 6 heterocycles. The van der Waals surface area contributed by atoms with Gasteiger partial charge in [-0.1, -0.05) is 37.1 Å². The second-order valence-corrected chi connectivity index (χ2v) is 13.2. The number of aromatic nitrogens is 3. The van der Waals surface area contributed by atoms with Crippen LogP contribution < -0.4 is 15.0 Å². The van der Waals surface area contributed by atoms with Gasteiger partial charge in [0, 0.05) is 36.1 Å². The number of halogens is 2. The molecule has 3 saturated heterocycles. The molecule has 4 aliphatic rings. The van der Waals surface area contributed by atoms with E-state index in [-0.39, 0.29) is 34.4 Å². The zero-order chi connectivity index (χ0) is 30.7. The summed E-state index contributed by atoms with van der Waals surface area (Å²) in [5.74, 6) is 2.11. The predicted molar refractivity (Wildman–Crippen MR) is 173 cm³/mol. The highest BCUT2D eigenvalue weighted by Crippen LogP contribution is 2.42. The summed E-state index contributed by atoms with van der Waals surface area (Å²) >= 11 is 0. The van der Waals surface area contributed by atoms with E-state index in [1.165, 1.54) is 6.07 Å². The maximum absolute atomic E-state index is 17.1. The van der Waals surface area contributed by atoms with Gasteiger partial charge in [0.2, 0.25) is 0 Å². The first-order valence-electron chi connectivity index (χ1n) is 16.5. The van der Waals surface area contributed by atoms with E-state index in [9.17, 15) is 4.39 Å². The Balaban J connectivity index is 1.34. The number of pyridine rings is 1. The Bertz CT molecular complexity index is 1840. The molecule has 1 N–H and O–H groups in total. The van der Waals surface area contributed by atoms with Crippen LogP contribution in [-0.4, -0.2) is 70.3 Å². The van der Waals surface area contributed by atoms with Gasteiger partial charge in [-0.25, -0.2) is 13.8 Å². The fourth-order valence-electron chi connectivity index (χ4n) is 8.35. The molecule has 0 saturated carbocycles. The number of hydrogen-bond donors (Lipinski definition) is 1. The molecule has 3 fully saturated rings. The quantitative estimate of drug-likeness (QED) is 0.279. The summed E-state index contributed by atoms with van der Waals surface area (Å²) in [4.78, 5) is 19.7. The lowest BCUT2D eigenvalue weighted by Gasteiger charge is -2.42. The average molecular weight is 609 g/mol. The summed E-state index contributed by atoms with van der Waals surface area (Å²) in [6.45, 7) is 6.46. The summed E-state index contributed by atoms with van der Waals surface area (Å²) in [5.41, 5.74) is 1.63. The minimum absolute atomic E-state index is 0.000559. The Morgan fingerprint density at radius 1 is 1.07 bits per heavy atom. The first kappa shape index (κ1) is 28.6. The van der Waals surface area contributed by atoms with Crippen LogP contribution in [0.4, 0.5) is 14.6 Å². The number of anilines is 1. The first-order valence-corrected chi connectivity index (χ1v) is 16.5. The van der Waals surface area contributed by atoms with Crippen LogP contribution in [0.1, 0.15) is 63.1 Å². The SMILES string of the molecule is C#Cc1c(F)ccc2cccc(-c3nc4c5c(nc(OCC67CCCN6CCC7)nc5c3F)N3C[C@@H](CC)NC[C@H]3CCC4)c12. The monoisotopic (exact) mass is 608 g/mol. The van der Waals surface area contributed by atoms with Crippen molar-refractivity contribution in [3.63, 3.8) is 0 Å². The molecule has 8 rings (SSSR count). The molecular formula is C36H38F2N6O. The maximum atomic E-state index is 17.1. The molecule has 45 heavy (non-hydrogen) atoms. The van der Waals surface area contributed by atoms with Crippen molar-refractivity contribution < 1.29 is 13.5 Å². The number of hydrogen-bond acceptors (Lipinski definition) is 7. The molecule has 4 aliphatic heterocycles. The van der Waals surface area contributed by atoms with Crippen molar-refractivity contribution in [3.8, 4) is 29.6 Å². The zero-order valence-electron chi connectivity index (χ0n) is 25.7. The largest absolute Gasteiger partial charge is 0.461 e. The molecule has 0 bridgehead atoms. The Labute approximate surface area is 262 Å². The second kappa shape index (κ2) is 11.2. The van der Waals surface area contributed by atoms with E-state index in [0.717, 1.165) is 82.2 Å². The van der Waals surface area contributed by atoms with Crippen molar-refractivity contribution in [2.45, 2.75) is 75.9 Å². The van der Waals surface area contributed by atoms with Gasteiger partial charge in [0.1, 0.15) is 29.5 Å². The van der Waals surface area contributed by atoms with Gasteiger partial charge in [-0.3, -0.25) is 4.90 Å². The normalized spacial score (nSPS) is 22.6. The lowest BCUT2D eigenvalue weighted by molar-refractivity contribution is 0.108. The molecule has 2 atom stereocenters. The molecule has 4 aromatic rings. The topological polar surface area (TPSA) is 66.4 Å². The second-order valence-electron chi connectivity index (χ2n) is 13.2. The molecule has 2 aromatic carbocycles. The van der Waals surface area contributed by atoms with Crippen molar-refractivity contribution >= 4 is 27.5 Å². The van der Waals surface area contributed by atoms with Crippen molar-refractivity contribution in [2.24, 2.45) is 0 Å². The first-order chi connectivity index (χ1) is 22.0. The highest BCUT2D eigenvalue weighted by Gasteiger charge is 2.45. The zero-order valence-corrected chi connectivity index (χ0v) is 25.7. The maximum Gasteiger partial charge on any atom is 0.319 e. The van der Waals surface area contributed by atoms with E-state index < -0.39 is 11.6 Å². The van der Waals surface area contributed by atoms with Crippen LogP contribution >= 0.6 is 0 Å². The molecule has 9 heteroatoms. The fraction of sp³-hybridized carbons (Fsp3) is 0.472. The summed E-state index contributed by atoms with van der Waals surface area (Å²) < 4.78 is 38.5. The Morgan fingerprint density at radius 3 is 2.71 bits per heavy atom. The molecule has 0 amide bonds. The third-order valence-corrected chi connectivity index (χ3v) is 10.7. The number of aryl methyl sites for hydroxylation is 1. The third kappa shape index (κ3) is 4.64. The predicted octanol–water partition coefficient (Wildman–Crippen LogP) is 6.00. The van der Waals surface area contributed by atoms with Crippen molar-refractivity contribution in [1.29, 1.82) is 0 Å². The summed E-state index contributed by atoms with van der Waals surface area (Å²) in [7, 11) is 0. The molecule has 232 valence electrons. The van der Waals surface area contributed by atoms with Crippen LogP contribution in [0.15, 0.2) is 30.3 Å². The molecule has 2 aromatic heterocycles. The molecule has 0 unspecified atom stereocenters. The molecule has 0 radical (unpaired) electrons. The Kier molecular flexibility index (Phi) is 7.10. The standard InChI is InChI=1S/C36H38F2N6O/c1-3-23-20-44-24(19-39-23)10-6-12-28-30-33(41-35(42-34(30)44)45-21-36-15-7-17-43(36)18-8-16-36)31(38)32(40-28)26-11-5-9-22-13-14-27(37)25(4-2)29(22)26/h2,5,9,11,13-14,23-24,39H,3,6-8,10,12,15-21H2,1H3/t23-,24-/m1/s1. The van der Waals surface area contributed by atoms with Crippen molar-refractivity contribution in [3.05, 3.63) is 53.2 Å². The summed E-state index contributed by atoms with van der Waals surface area (Å²) in [5, 5.41) is 5.54. The van der Waals surface area contributed by atoms with Crippen LogP contribution in [0.5, 0.6) is 6.01 Å². The van der Waals surface area contributed by atoms with E-state index in [0.29, 0.717) is 41.2 Å². The van der Waals surface area contributed by atoms with Gasteiger partial charge in [-0.15, -0.1) is 6.42 Å². The molecule has 0 aliphatic carbocycles.